The summed E-state index contributed by atoms with van der Waals surface area (Å²) in [6.45, 7) is 4.09. The number of aromatic nitrogens is 2. The molecule has 0 radical (unpaired) electrons. The molecule has 0 saturated carbocycles. The van der Waals surface area contributed by atoms with Crippen LogP contribution in [0.5, 0.6) is 0 Å². The molecule has 0 aromatic carbocycles. The molecule has 4 heteroatoms. The molecular weight excluding hydrogens is 218 g/mol. The van der Waals surface area contributed by atoms with Gasteiger partial charge in [0.05, 0.1) is 5.69 Å². The van der Waals surface area contributed by atoms with E-state index in [0.29, 0.717) is 5.92 Å². The molecule has 3 nitrogen and oxygen atoms in total. The highest BCUT2D eigenvalue weighted by Gasteiger charge is 2.05. The first-order valence-electron chi connectivity index (χ1n) is 5.48. The summed E-state index contributed by atoms with van der Waals surface area (Å²) in [6, 6.07) is 6.34. The van der Waals surface area contributed by atoms with Gasteiger partial charge in [0, 0.05) is 37.1 Å². The van der Waals surface area contributed by atoms with Crippen molar-refractivity contribution in [1.29, 1.82) is 0 Å². The Morgan fingerprint density at radius 2 is 2.38 bits per heavy atom. The number of rotatable bonds is 5. The SMILES string of the molecule is CC(CNCc1ccn(C)n1)c1cccs1. The van der Waals surface area contributed by atoms with Crippen LogP contribution in [0.4, 0.5) is 0 Å². The lowest BCUT2D eigenvalue weighted by Gasteiger charge is -2.09. The second-order valence-electron chi connectivity index (χ2n) is 4.03. The number of aryl methyl sites for hydroxylation is 1. The lowest BCUT2D eigenvalue weighted by atomic mass is 10.1. The van der Waals surface area contributed by atoms with E-state index in [2.05, 4.69) is 34.9 Å². The predicted molar refractivity (Wildman–Crippen MR) is 67.6 cm³/mol. The van der Waals surface area contributed by atoms with E-state index in [-0.39, 0.29) is 0 Å². The Kier molecular flexibility index (Phi) is 3.74. The summed E-state index contributed by atoms with van der Waals surface area (Å²) < 4.78 is 1.83. The summed E-state index contributed by atoms with van der Waals surface area (Å²) in [7, 11) is 1.94. The van der Waals surface area contributed by atoms with E-state index >= 15 is 0 Å². The van der Waals surface area contributed by atoms with Gasteiger partial charge >= 0.3 is 0 Å². The van der Waals surface area contributed by atoms with Crippen molar-refractivity contribution in [3.63, 3.8) is 0 Å². The molecule has 0 aliphatic heterocycles. The van der Waals surface area contributed by atoms with Gasteiger partial charge in [0.25, 0.3) is 0 Å². The average Bonchev–Trinajstić information content (AvgIpc) is 2.89. The molecule has 2 aromatic heterocycles. The first kappa shape index (κ1) is 11.4. The second kappa shape index (κ2) is 5.27. The van der Waals surface area contributed by atoms with E-state index in [1.165, 1.54) is 4.88 Å². The molecule has 0 amide bonds. The number of hydrogen-bond donors (Lipinski definition) is 1. The summed E-state index contributed by atoms with van der Waals surface area (Å²) >= 11 is 1.82. The van der Waals surface area contributed by atoms with Crippen molar-refractivity contribution >= 4 is 11.3 Å². The van der Waals surface area contributed by atoms with Crippen LogP contribution < -0.4 is 5.32 Å². The number of hydrogen-bond acceptors (Lipinski definition) is 3. The standard InChI is InChI=1S/C12H17N3S/c1-10(12-4-3-7-16-12)8-13-9-11-5-6-15(2)14-11/h3-7,10,13H,8-9H2,1-2H3. The second-order valence-corrected chi connectivity index (χ2v) is 5.01. The van der Waals surface area contributed by atoms with Crippen molar-refractivity contribution in [2.45, 2.75) is 19.4 Å². The Morgan fingerprint density at radius 1 is 1.50 bits per heavy atom. The topological polar surface area (TPSA) is 29.9 Å². The summed E-state index contributed by atoms with van der Waals surface area (Å²) in [6.07, 6.45) is 1.97. The molecule has 2 heterocycles. The molecule has 1 N–H and O–H groups in total. The van der Waals surface area contributed by atoms with Crippen molar-refractivity contribution in [2.24, 2.45) is 7.05 Å². The van der Waals surface area contributed by atoms with Crippen molar-refractivity contribution < 1.29 is 0 Å². The Balaban J connectivity index is 1.76. The van der Waals surface area contributed by atoms with Crippen LogP contribution in [0.15, 0.2) is 29.8 Å². The molecule has 0 saturated heterocycles. The summed E-state index contributed by atoms with van der Waals surface area (Å²) in [5.74, 6) is 0.573. The van der Waals surface area contributed by atoms with Crippen LogP contribution in [0.2, 0.25) is 0 Å². The molecule has 0 spiro atoms. The average molecular weight is 235 g/mol. The minimum Gasteiger partial charge on any atom is -0.310 e. The normalized spacial score (nSPS) is 12.9. The fourth-order valence-corrected chi connectivity index (χ4v) is 2.43. The van der Waals surface area contributed by atoms with Crippen LogP contribution in [0, 0.1) is 0 Å². The number of nitrogens with one attached hydrogen (secondary N) is 1. The summed E-state index contributed by atoms with van der Waals surface area (Å²) in [5.41, 5.74) is 1.10. The molecule has 0 aliphatic rings. The lowest BCUT2D eigenvalue weighted by molar-refractivity contribution is 0.605. The Hall–Kier alpha value is -1.13. The Morgan fingerprint density at radius 3 is 3.00 bits per heavy atom. The maximum atomic E-state index is 4.33. The van der Waals surface area contributed by atoms with Crippen molar-refractivity contribution in [2.75, 3.05) is 6.54 Å². The minimum atomic E-state index is 0.573. The van der Waals surface area contributed by atoms with Gasteiger partial charge in [-0.2, -0.15) is 5.10 Å². The number of nitrogens with zero attached hydrogens (tertiary/aromatic N) is 2. The highest BCUT2D eigenvalue weighted by molar-refractivity contribution is 7.10. The lowest BCUT2D eigenvalue weighted by Crippen LogP contribution is -2.19. The van der Waals surface area contributed by atoms with E-state index < -0.39 is 0 Å². The molecule has 16 heavy (non-hydrogen) atoms. The van der Waals surface area contributed by atoms with Gasteiger partial charge < -0.3 is 5.32 Å². The van der Waals surface area contributed by atoms with E-state index in [0.717, 1.165) is 18.8 Å². The highest BCUT2D eigenvalue weighted by atomic mass is 32.1. The van der Waals surface area contributed by atoms with Gasteiger partial charge in [-0.1, -0.05) is 13.0 Å². The molecule has 86 valence electrons. The van der Waals surface area contributed by atoms with Crippen LogP contribution in [0.1, 0.15) is 23.4 Å². The molecule has 0 bridgehead atoms. The molecule has 0 fully saturated rings. The van der Waals surface area contributed by atoms with Gasteiger partial charge in [-0.25, -0.2) is 0 Å². The molecule has 1 unspecified atom stereocenters. The highest BCUT2D eigenvalue weighted by Crippen LogP contribution is 2.19. The predicted octanol–water partition coefficient (Wildman–Crippen LogP) is 2.37. The van der Waals surface area contributed by atoms with Gasteiger partial charge in [-0.05, 0) is 17.5 Å². The Labute approximate surface area is 100 Å². The first-order valence-corrected chi connectivity index (χ1v) is 6.36. The molecule has 1 atom stereocenters. The van der Waals surface area contributed by atoms with Crippen LogP contribution in [0.3, 0.4) is 0 Å². The fraction of sp³-hybridized carbons (Fsp3) is 0.417. The van der Waals surface area contributed by atoms with Crippen molar-refractivity contribution in [3.8, 4) is 0 Å². The monoisotopic (exact) mass is 235 g/mol. The molecule has 2 rings (SSSR count). The zero-order valence-corrected chi connectivity index (χ0v) is 10.5. The third-order valence-corrected chi connectivity index (χ3v) is 3.66. The van der Waals surface area contributed by atoms with Crippen LogP contribution in [0.25, 0.3) is 0 Å². The zero-order valence-electron chi connectivity index (χ0n) is 9.68. The summed E-state index contributed by atoms with van der Waals surface area (Å²) in [5, 5.41) is 9.89. The maximum absolute atomic E-state index is 4.33. The smallest absolute Gasteiger partial charge is 0.0762 e. The van der Waals surface area contributed by atoms with Crippen molar-refractivity contribution in [3.05, 3.63) is 40.3 Å². The van der Waals surface area contributed by atoms with Crippen molar-refractivity contribution in [1.82, 2.24) is 15.1 Å². The van der Waals surface area contributed by atoms with E-state index in [9.17, 15) is 0 Å². The minimum absolute atomic E-state index is 0.573. The zero-order chi connectivity index (χ0) is 11.4. The van der Waals surface area contributed by atoms with Gasteiger partial charge in [-0.15, -0.1) is 11.3 Å². The fourth-order valence-electron chi connectivity index (χ4n) is 1.65. The van der Waals surface area contributed by atoms with Gasteiger partial charge in [0.15, 0.2) is 0 Å². The third kappa shape index (κ3) is 2.93. The van der Waals surface area contributed by atoms with Crippen LogP contribution in [-0.4, -0.2) is 16.3 Å². The maximum Gasteiger partial charge on any atom is 0.0762 e. The quantitative estimate of drug-likeness (QED) is 0.862. The van der Waals surface area contributed by atoms with E-state index in [4.69, 9.17) is 0 Å². The first-order chi connectivity index (χ1) is 7.75. The van der Waals surface area contributed by atoms with Crippen LogP contribution in [-0.2, 0) is 13.6 Å². The molecule has 2 aromatic rings. The van der Waals surface area contributed by atoms with Gasteiger partial charge in [0.1, 0.15) is 0 Å². The largest absolute Gasteiger partial charge is 0.310 e. The number of thiophene rings is 1. The molecule has 0 aliphatic carbocycles. The van der Waals surface area contributed by atoms with E-state index in [1.807, 2.05) is 35.3 Å². The molecular formula is C12H17N3S. The third-order valence-electron chi connectivity index (χ3n) is 2.55. The summed E-state index contributed by atoms with van der Waals surface area (Å²) in [4.78, 5) is 1.44. The van der Waals surface area contributed by atoms with Gasteiger partial charge in [0.2, 0.25) is 0 Å². The van der Waals surface area contributed by atoms with Crippen LogP contribution >= 0.6 is 11.3 Å². The van der Waals surface area contributed by atoms with E-state index in [1.54, 1.807) is 0 Å². The Bertz CT molecular complexity index is 419. The van der Waals surface area contributed by atoms with Gasteiger partial charge in [-0.3, -0.25) is 4.68 Å².